The second-order valence-electron chi connectivity index (χ2n) is 5.31. The van der Waals surface area contributed by atoms with Crippen LogP contribution in [0.25, 0.3) is 0 Å². The van der Waals surface area contributed by atoms with Crippen molar-refractivity contribution in [1.82, 2.24) is 0 Å². The van der Waals surface area contributed by atoms with Crippen molar-refractivity contribution < 1.29 is 0 Å². The van der Waals surface area contributed by atoms with Crippen LogP contribution in [0.5, 0.6) is 0 Å². The Morgan fingerprint density at radius 2 is 2.00 bits per heavy atom. The first-order valence-corrected chi connectivity index (χ1v) is 7.16. The van der Waals surface area contributed by atoms with Gasteiger partial charge in [0.25, 0.3) is 0 Å². The molecule has 1 aromatic rings. The van der Waals surface area contributed by atoms with Gasteiger partial charge in [-0.3, -0.25) is 0 Å². The molecule has 1 aliphatic carbocycles. The van der Waals surface area contributed by atoms with Gasteiger partial charge in [-0.05, 0) is 61.3 Å². The molecular weight excluding hydrogens is 200 g/mol. The third-order valence-electron chi connectivity index (χ3n) is 3.90. The fraction of sp³-hybridized carbons (Fsp3) is 0.714. The molecule has 0 unspecified atom stereocenters. The monoisotopic (exact) mass is 222 g/mol. The summed E-state index contributed by atoms with van der Waals surface area (Å²) in [6, 6.07) is 4.47. The second-order valence-corrected chi connectivity index (χ2v) is 6.34. The summed E-state index contributed by atoms with van der Waals surface area (Å²) in [6.07, 6.45) is 7.19. The zero-order valence-corrected chi connectivity index (χ0v) is 10.7. The quantitative estimate of drug-likeness (QED) is 0.692. The molecule has 0 amide bonds. The van der Waals surface area contributed by atoms with Gasteiger partial charge in [-0.25, -0.2) is 0 Å². The minimum Gasteiger partial charge on any atom is -0.149 e. The molecule has 0 saturated heterocycles. The van der Waals surface area contributed by atoms with Crippen LogP contribution in [-0.4, -0.2) is 0 Å². The Morgan fingerprint density at radius 3 is 2.53 bits per heavy atom. The molecule has 0 N–H and O–H groups in total. The van der Waals surface area contributed by atoms with Crippen LogP contribution in [0.15, 0.2) is 17.5 Å². The van der Waals surface area contributed by atoms with E-state index in [0.717, 1.165) is 17.8 Å². The third kappa shape index (κ3) is 3.07. The molecule has 0 aromatic carbocycles. The first-order valence-electron chi connectivity index (χ1n) is 6.28. The van der Waals surface area contributed by atoms with E-state index >= 15 is 0 Å². The molecule has 2 rings (SSSR count). The average molecular weight is 222 g/mol. The van der Waals surface area contributed by atoms with Crippen molar-refractivity contribution in [3.05, 3.63) is 22.4 Å². The van der Waals surface area contributed by atoms with E-state index in [1.54, 1.807) is 4.88 Å². The van der Waals surface area contributed by atoms with E-state index in [4.69, 9.17) is 0 Å². The predicted octanol–water partition coefficient (Wildman–Crippen LogP) is 4.75. The lowest BCUT2D eigenvalue weighted by atomic mass is 9.76. The van der Waals surface area contributed by atoms with Gasteiger partial charge in [0.05, 0.1) is 0 Å². The highest BCUT2D eigenvalue weighted by atomic mass is 32.1. The molecule has 15 heavy (non-hydrogen) atoms. The SMILES string of the molecule is CC(C)C1CCC(Cc2cccs2)CC1. The Morgan fingerprint density at radius 1 is 1.27 bits per heavy atom. The Labute approximate surface area is 97.7 Å². The topological polar surface area (TPSA) is 0 Å². The molecule has 84 valence electrons. The van der Waals surface area contributed by atoms with E-state index in [9.17, 15) is 0 Å². The molecular formula is C14H22S. The highest BCUT2D eigenvalue weighted by molar-refractivity contribution is 7.09. The summed E-state index contributed by atoms with van der Waals surface area (Å²) < 4.78 is 0. The van der Waals surface area contributed by atoms with Gasteiger partial charge < -0.3 is 0 Å². The fourth-order valence-electron chi connectivity index (χ4n) is 2.77. The molecule has 1 heterocycles. The highest BCUT2D eigenvalue weighted by Gasteiger charge is 2.23. The first-order chi connectivity index (χ1) is 7.25. The number of hydrogen-bond donors (Lipinski definition) is 0. The molecule has 0 aliphatic heterocycles. The van der Waals surface area contributed by atoms with Crippen molar-refractivity contribution in [1.29, 1.82) is 0 Å². The maximum absolute atomic E-state index is 2.38. The largest absolute Gasteiger partial charge is 0.149 e. The van der Waals surface area contributed by atoms with Gasteiger partial charge in [0.1, 0.15) is 0 Å². The van der Waals surface area contributed by atoms with Gasteiger partial charge in [0.2, 0.25) is 0 Å². The maximum Gasteiger partial charge on any atom is 0.00479 e. The molecule has 0 atom stereocenters. The van der Waals surface area contributed by atoms with Crippen LogP contribution >= 0.6 is 11.3 Å². The molecule has 0 nitrogen and oxygen atoms in total. The Hall–Kier alpha value is -0.300. The van der Waals surface area contributed by atoms with Crippen molar-refractivity contribution in [2.75, 3.05) is 0 Å². The zero-order valence-electron chi connectivity index (χ0n) is 9.91. The Bertz CT molecular complexity index is 266. The van der Waals surface area contributed by atoms with Gasteiger partial charge in [-0.1, -0.05) is 19.9 Å². The standard InChI is InChI=1S/C14H22S/c1-11(2)13-7-5-12(6-8-13)10-14-4-3-9-15-14/h3-4,9,11-13H,5-8,10H2,1-2H3. The molecule has 1 heteroatoms. The molecule has 0 spiro atoms. The van der Waals surface area contributed by atoms with Crippen LogP contribution in [0.3, 0.4) is 0 Å². The smallest absolute Gasteiger partial charge is 0.00479 e. The van der Waals surface area contributed by atoms with E-state index in [0.29, 0.717) is 0 Å². The summed E-state index contributed by atoms with van der Waals surface area (Å²) in [5, 5.41) is 2.20. The van der Waals surface area contributed by atoms with Gasteiger partial charge in [-0.15, -0.1) is 11.3 Å². The van der Waals surface area contributed by atoms with Crippen molar-refractivity contribution >= 4 is 11.3 Å². The van der Waals surface area contributed by atoms with Gasteiger partial charge in [0.15, 0.2) is 0 Å². The molecule has 1 fully saturated rings. The van der Waals surface area contributed by atoms with Crippen LogP contribution in [0.4, 0.5) is 0 Å². The first kappa shape index (κ1) is 11.2. The summed E-state index contributed by atoms with van der Waals surface area (Å²) in [6.45, 7) is 4.76. The zero-order chi connectivity index (χ0) is 10.7. The normalized spacial score (nSPS) is 27.1. The maximum atomic E-state index is 2.38. The summed E-state index contributed by atoms with van der Waals surface area (Å²) in [5.41, 5.74) is 0. The van der Waals surface area contributed by atoms with E-state index in [1.807, 2.05) is 11.3 Å². The molecule has 1 aromatic heterocycles. The van der Waals surface area contributed by atoms with Gasteiger partial charge >= 0.3 is 0 Å². The predicted molar refractivity (Wildman–Crippen MR) is 68.3 cm³/mol. The average Bonchev–Trinajstić information content (AvgIpc) is 2.71. The summed E-state index contributed by atoms with van der Waals surface area (Å²) in [5.74, 6) is 2.87. The van der Waals surface area contributed by atoms with Gasteiger partial charge in [-0.2, -0.15) is 0 Å². The highest BCUT2D eigenvalue weighted by Crippen LogP contribution is 2.35. The molecule has 1 saturated carbocycles. The molecule has 0 radical (unpaired) electrons. The lowest BCUT2D eigenvalue weighted by Crippen LogP contribution is -2.19. The van der Waals surface area contributed by atoms with Crippen LogP contribution in [0.1, 0.15) is 44.4 Å². The lowest BCUT2D eigenvalue weighted by molar-refractivity contribution is 0.224. The molecule has 1 aliphatic rings. The second kappa shape index (κ2) is 5.16. The van der Waals surface area contributed by atoms with Crippen LogP contribution < -0.4 is 0 Å². The van der Waals surface area contributed by atoms with Crippen molar-refractivity contribution in [2.45, 2.75) is 46.0 Å². The van der Waals surface area contributed by atoms with E-state index < -0.39 is 0 Å². The van der Waals surface area contributed by atoms with E-state index in [1.165, 1.54) is 32.1 Å². The lowest BCUT2D eigenvalue weighted by Gasteiger charge is -2.30. The third-order valence-corrected chi connectivity index (χ3v) is 4.80. The summed E-state index contributed by atoms with van der Waals surface area (Å²) in [7, 11) is 0. The van der Waals surface area contributed by atoms with Crippen molar-refractivity contribution in [3.8, 4) is 0 Å². The Balaban J connectivity index is 1.79. The van der Waals surface area contributed by atoms with Crippen molar-refractivity contribution in [3.63, 3.8) is 0 Å². The number of hydrogen-bond acceptors (Lipinski definition) is 1. The van der Waals surface area contributed by atoms with E-state index in [2.05, 4.69) is 31.4 Å². The number of rotatable bonds is 3. The van der Waals surface area contributed by atoms with Crippen LogP contribution in [-0.2, 0) is 6.42 Å². The minimum atomic E-state index is 0.896. The van der Waals surface area contributed by atoms with Crippen LogP contribution in [0.2, 0.25) is 0 Å². The number of thiophene rings is 1. The van der Waals surface area contributed by atoms with E-state index in [-0.39, 0.29) is 0 Å². The summed E-state index contributed by atoms with van der Waals surface area (Å²) in [4.78, 5) is 1.59. The van der Waals surface area contributed by atoms with Crippen molar-refractivity contribution in [2.24, 2.45) is 17.8 Å². The summed E-state index contributed by atoms with van der Waals surface area (Å²) >= 11 is 1.92. The fourth-order valence-corrected chi connectivity index (χ4v) is 3.59. The molecule has 0 bridgehead atoms. The van der Waals surface area contributed by atoms with Gasteiger partial charge in [0, 0.05) is 4.88 Å². The minimum absolute atomic E-state index is 0.896. The Kier molecular flexibility index (Phi) is 3.85. The van der Waals surface area contributed by atoms with Crippen LogP contribution in [0, 0.1) is 17.8 Å².